The molecule has 0 aliphatic carbocycles. The molecule has 0 amide bonds. The van der Waals surface area contributed by atoms with E-state index in [2.05, 4.69) is 26.6 Å². The molecule has 1 saturated heterocycles. The van der Waals surface area contributed by atoms with Crippen molar-refractivity contribution < 1.29 is 14.4 Å². The minimum atomic E-state index is -0.195. The van der Waals surface area contributed by atoms with Gasteiger partial charge in [-0.05, 0) is 6.42 Å². The third-order valence-corrected chi connectivity index (χ3v) is 3.38. The molecule has 82 valence electrons. The zero-order chi connectivity index (χ0) is 10.6. The van der Waals surface area contributed by atoms with Crippen LogP contribution >= 0.6 is 12.6 Å². The quantitative estimate of drug-likeness (QED) is 0.513. The lowest BCUT2D eigenvalue weighted by atomic mass is 9.89. The summed E-state index contributed by atoms with van der Waals surface area (Å²) in [5.41, 5.74) is -0.195. The highest BCUT2D eigenvalue weighted by Gasteiger charge is 2.37. The van der Waals surface area contributed by atoms with E-state index in [1.165, 1.54) is 4.90 Å². The monoisotopic (exact) mass is 218 g/mol. The zero-order valence-corrected chi connectivity index (χ0v) is 9.90. The predicted molar refractivity (Wildman–Crippen MR) is 58.8 cm³/mol. The molecule has 0 spiro atoms. The molecule has 1 heterocycles. The van der Waals surface area contributed by atoms with Crippen molar-refractivity contribution in [3.05, 3.63) is 0 Å². The van der Waals surface area contributed by atoms with Crippen LogP contribution in [0.5, 0.6) is 0 Å². The minimum absolute atomic E-state index is 0.185. The number of hydrogen-bond donors (Lipinski definition) is 2. The van der Waals surface area contributed by atoms with Gasteiger partial charge in [0, 0.05) is 12.8 Å². The first kappa shape index (κ1) is 11.9. The molecule has 0 aromatic rings. The van der Waals surface area contributed by atoms with Crippen LogP contribution in [-0.2, 0) is 9.53 Å². The Morgan fingerprint density at radius 2 is 2.07 bits per heavy atom. The Balaban J connectivity index is 2.54. The second kappa shape index (κ2) is 5.03. The van der Waals surface area contributed by atoms with E-state index in [9.17, 15) is 4.79 Å². The fourth-order valence-corrected chi connectivity index (χ4v) is 2.00. The smallest absolute Gasteiger partial charge is 0.316 e. The zero-order valence-electron chi connectivity index (χ0n) is 9.01. The summed E-state index contributed by atoms with van der Waals surface area (Å²) in [5.74, 6) is -0.000463. The molecule has 0 aromatic carbocycles. The number of carbonyl (C=O) groups is 1. The molecule has 1 fully saturated rings. The van der Waals surface area contributed by atoms with Gasteiger partial charge in [0.15, 0.2) is 0 Å². The number of ether oxygens (including phenoxy) is 1. The van der Waals surface area contributed by atoms with Gasteiger partial charge >= 0.3 is 5.97 Å². The number of quaternary nitrogens is 1. The highest BCUT2D eigenvalue weighted by Crippen LogP contribution is 2.25. The van der Waals surface area contributed by atoms with Gasteiger partial charge in [0.25, 0.3) is 0 Å². The maximum Gasteiger partial charge on any atom is 0.316 e. The number of likely N-dealkylation sites (tertiary alicyclic amines) is 1. The molecule has 0 radical (unpaired) electrons. The average molecular weight is 218 g/mol. The number of carbonyl (C=O) groups excluding carboxylic acids is 1. The highest BCUT2D eigenvalue weighted by molar-refractivity contribution is 7.81. The first-order valence-electron chi connectivity index (χ1n) is 5.26. The first-order valence-corrected chi connectivity index (χ1v) is 5.89. The van der Waals surface area contributed by atoms with Crippen LogP contribution in [0.4, 0.5) is 0 Å². The van der Waals surface area contributed by atoms with Crippen LogP contribution in [0.25, 0.3) is 0 Å². The second-order valence-corrected chi connectivity index (χ2v) is 4.44. The molecule has 1 N–H and O–H groups in total. The Morgan fingerprint density at radius 1 is 1.50 bits per heavy atom. The molecule has 1 rings (SSSR count). The van der Waals surface area contributed by atoms with Gasteiger partial charge in [-0.1, -0.05) is 6.92 Å². The van der Waals surface area contributed by atoms with Crippen molar-refractivity contribution in [2.75, 3.05) is 25.9 Å². The molecule has 1 aliphatic rings. The Bertz CT molecular complexity index is 200. The number of esters is 1. The molecule has 3 nitrogen and oxygen atoms in total. The van der Waals surface area contributed by atoms with E-state index in [1.54, 1.807) is 0 Å². The Hall–Kier alpha value is -0.220. The average Bonchev–Trinajstić information content (AvgIpc) is 2.22. The van der Waals surface area contributed by atoms with Crippen molar-refractivity contribution >= 4 is 18.6 Å². The summed E-state index contributed by atoms with van der Waals surface area (Å²) in [4.78, 5) is 12.7. The van der Waals surface area contributed by atoms with Crippen molar-refractivity contribution in [1.82, 2.24) is 0 Å². The minimum Gasteiger partial charge on any atom is -0.458 e. The lowest BCUT2D eigenvalue weighted by Gasteiger charge is -2.37. The number of thiol groups is 1. The van der Waals surface area contributed by atoms with E-state index >= 15 is 0 Å². The van der Waals surface area contributed by atoms with Gasteiger partial charge in [-0.2, -0.15) is 12.6 Å². The predicted octanol–water partition coefficient (Wildman–Crippen LogP) is -0.0833. The van der Waals surface area contributed by atoms with Crippen LogP contribution in [0.15, 0.2) is 0 Å². The van der Waals surface area contributed by atoms with E-state index in [1.807, 2.05) is 0 Å². The standard InChI is InChI=1S/C10H19NO2S/c1-3-10(13-9(12)8-14)4-6-11(2)7-5-10/h14H,3-8H2,1-2H3/p+1. The van der Waals surface area contributed by atoms with Crippen molar-refractivity contribution in [3.63, 3.8) is 0 Å². The van der Waals surface area contributed by atoms with Gasteiger partial charge in [0.1, 0.15) is 5.60 Å². The third-order valence-electron chi connectivity index (χ3n) is 3.12. The molecule has 4 heteroatoms. The van der Waals surface area contributed by atoms with E-state index < -0.39 is 0 Å². The van der Waals surface area contributed by atoms with Gasteiger partial charge in [-0.25, -0.2) is 0 Å². The summed E-state index contributed by atoms with van der Waals surface area (Å²) >= 11 is 3.93. The summed E-state index contributed by atoms with van der Waals surface area (Å²) in [6, 6.07) is 0. The number of hydrogen-bond acceptors (Lipinski definition) is 3. The molecule has 0 aromatic heterocycles. The number of rotatable bonds is 3. The summed E-state index contributed by atoms with van der Waals surface area (Å²) < 4.78 is 5.50. The van der Waals surface area contributed by atoms with Crippen molar-refractivity contribution in [1.29, 1.82) is 0 Å². The molecular weight excluding hydrogens is 198 g/mol. The summed E-state index contributed by atoms with van der Waals surface area (Å²) in [6.45, 7) is 4.27. The summed E-state index contributed by atoms with van der Waals surface area (Å²) in [6.07, 6.45) is 2.88. The van der Waals surface area contributed by atoms with Crippen molar-refractivity contribution in [2.24, 2.45) is 0 Å². The molecule has 14 heavy (non-hydrogen) atoms. The van der Waals surface area contributed by atoms with Crippen molar-refractivity contribution in [3.8, 4) is 0 Å². The maximum absolute atomic E-state index is 11.2. The largest absolute Gasteiger partial charge is 0.458 e. The number of nitrogens with one attached hydrogen (secondary N) is 1. The van der Waals surface area contributed by atoms with Crippen LogP contribution in [-0.4, -0.2) is 37.5 Å². The maximum atomic E-state index is 11.2. The van der Waals surface area contributed by atoms with Crippen LogP contribution in [0.2, 0.25) is 0 Å². The van der Waals surface area contributed by atoms with E-state index in [0.717, 1.165) is 32.4 Å². The Labute approximate surface area is 91.2 Å². The summed E-state index contributed by atoms with van der Waals surface area (Å²) in [7, 11) is 2.18. The molecule has 0 bridgehead atoms. The van der Waals surface area contributed by atoms with E-state index in [-0.39, 0.29) is 17.3 Å². The van der Waals surface area contributed by atoms with Crippen molar-refractivity contribution in [2.45, 2.75) is 31.8 Å². The Kier molecular flexibility index (Phi) is 4.26. The molecule has 1 aliphatic heterocycles. The SMILES string of the molecule is CCC1(OC(=O)CS)CC[NH+](C)CC1. The van der Waals surface area contributed by atoms with Crippen LogP contribution in [0, 0.1) is 0 Å². The van der Waals surface area contributed by atoms with Gasteiger partial charge < -0.3 is 9.64 Å². The lowest BCUT2D eigenvalue weighted by Crippen LogP contribution is -3.10. The van der Waals surface area contributed by atoms with Gasteiger partial charge in [-0.15, -0.1) is 0 Å². The normalized spacial score (nSPS) is 32.6. The first-order chi connectivity index (χ1) is 6.62. The highest BCUT2D eigenvalue weighted by atomic mass is 32.1. The molecule has 0 saturated carbocycles. The lowest BCUT2D eigenvalue weighted by molar-refractivity contribution is -0.887. The topological polar surface area (TPSA) is 30.7 Å². The second-order valence-electron chi connectivity index (χ2n) is 4.13. The van der Waals surface area contributed by atoms with Crippen LogP contribution in [0.1, 0.15) is 26.2 Å². The fourth-order valence-electron chi connectivity index (χ4n) is 1.93. The fraction of sp³-hybridized carbons (Fsp3) is 0.900. The molecule has 0 unspecified atom stereocenters. The van der Waals surface area contributed by atoms with Gasteiger partial charge in [0.2, 0.25) is 0 Å². The molecule has 0 atom stereocenters. The number of piperidine rings is 1. The Morgan fingerprint density at radius 3 is 2.50 bits per heavy atom. The van der Waals surface area contributed by atoms with E-state index in [4.69, 9.17) is 4.74 Å². The van der Waals surface area contributed by atoms with Crippen LogP contribution < -0.4 is 4.90 Å². The third kappa shape index (κ3) is 2.89. The molecular formula is C10H20NO2S+. The van der Waals surface area contributed by atoms with Gasteiger partial charge in [-0.3, -0.25) is 4.79 Å². The van der Waals surface area contributed by atoms with Gasteiger partial charge in [0.05, 0.1) is 25.9 Å². The van der Waals surface area contributed by atoms with Crippen LogP contribution in [0.3, 0.4) is 0 Å². The summed E-state index contributed by atoms with van der Waals surface area (Å²) in [5, 5.41) is 0. The van der Waals surface area contributed by atoms with E-state index in [0.29, 0.717) is 0 Å².